The van der Waals surface area contributed by atoms with Crippen LogP contribution in [0.5, 0.6) is 0 Å². The molecule has 2 atom stereocenters. The summed E-state index contributed by atoms with van der Waals surface area (Å²) in [5.41, 5.74) is 4.77. The Balaban J connectivity index is 4.55. The molecule has 0 fully saturated rings. The lowest BCUT2D eigenvalue weighted by Crippen LogP contribution is -2.44. The van der Waals surface area contributed by atoms with Crippen LogP contribution in [0.15, 0.2) is 0 Å². The highest BCUT2D eigenvalue weighted by atomic mass is 16.6. The number of esters is 1. The maximum absolute atomic E-state index is 11.6. The second kappa shape index (κ2) is 5.11. The minimum atomic E-state index is -1.20. The van der Waals surface area contributed by atoms with Crippen molar-refractivity contribution in [1.82, 2.24) is 0 Å². The third-order valence-electron chi connectivity index (χ3n) is 1.87. The lowest BCUT2D eigenvalue weighted by molar-refractivity contribution is -0.164. The molecule has 5 nitrogen and oxygen atoms in total. The van der Waals surface area contributed by atoms with E-state index in [0.29, 0.717) is 6.42 Å². The first-order valence-corrected chi connectivity index (χ1v) is 4.90. The summed E-state index contributed by atoms with van der Waals surface area (Å²) in [7, 11) is 0. The van der Waals surface area contributed by atoms with E-state index in [1.165, 1.54) is 0 Å². The van der Waals surface area contributed by atoms with Gasteiger partial charge in [-0.1, -0.05) is 6.92 Å². The van der Waals surface area contributed by atoms with Crippen LogP contribution in [-0.2, 0) is 14.3 Å². The van der Waals surface area contributed by atoms with Crippen molar-refractivity contribution in [3.63, 3.8) is 0 Å². The van der Waals surface area contributed by atoms with Gasteiger partial charge < -0.3 is 15.6 Å². The number of hydrogen-bond acceptors (Lipinski definition) is 4. The smallest absolute Gasteiger partial charge is 0.321 e. The number of ether oxygens (including phenoxy) is 1. The summed E-state index contributed by atoms with van der Waals surface area (Å²) in [4.78, 5) is 22.2. The van der Waals surface area contributed by atoms with Crippen molar-refractivity contribution in [1.29, 1.82) is 0 Å². The third kappa shape index (κ3) is 4.78. The molecular formula is C10H19NO4. The molecule has 0 aliphatic carbocycles. The predicted molar refractivity (Wildman–Crippen MR) is 55.2 cm³/mol. The van der Waals surface area contributed by atoms with E-state index >= 15 is 0 Å². The van der Waals surface area contributed by atoms with Gasteiger partial charge in [-0.25, -0.2) is 0 Å². The Morgan fingerprint density at radius 3 is 2.13 bits per heavy atom. The molecule has 88 valence electrons. The minimum Gasteiger partial charge on any atom is -0.480 e. The number of carbonyl (C=O) groups excluding carboxylic acids is 1. The van der Waals surface area contributed by atoms with Gasteiger partial charge >= 0.3 is 11.9 Å². The molecule has 0 heterocycles. The summed E-state index contributed by atoms with van der Waals surface area (Å²) >= 11 is 0. The van der Waals surface area contributed by atoms with Gasteiger partial charge in [0, 0.05) is 0 Å². The molecule has 0 radical (unpaired) electrons. The summed E-state index contributed by atoms with van der Waals surface area (Å²) in [5.74, 6) is -2.53. The second-order valence-corrected chi connectivity index (χ2v) is 4.41. The quantitative estimate of drug-likeness (QED) is 0.679. The molecule has 3 N–H and O–H groups in total. The zero-order valence-electron chi connectivity index (χ0n) is 9.61. The number of aliphatic carboxylic acids is 1. The molecule has 5 heteroatoms. The summed E-state index contributed by atoms with van der Waals surface area (Å²) in [5, 5.41) is 8.70. The zero-order chi connectivity index (χ0) is 12.2. The highest BCUT2D eigenvalue weighted by Gasteiger charge is 2.32. The van der Waals surface area contributed by atoms with Gasteiger partial charge in [-0.05, 0) is 27.2 Å². The number of carboxylic acid groups (broad SMARTS) is 1. The van der Waals surface area contributed by atoms with Crippen LogP contribution in [-0.4, -0.2) is 28.7 Å². The molecular weight excluding hydrogens is 198 g/mol. The zero-order valence-corrected chi connectivity index (χ0v) is 9.61. The molecule has 0 bridgehead atoms. The molecule has 0 spiro atoms. The van der Waals surface area contributed by atoms with Gasteiger partial charge in [0.25, 0.3) is 0 Å². The second-order valence-electron chi connectivity index (χ2n) is 4.41. The molecule has 15 heavy (non-hydrogen) atoms. The molecule has 0 saturated heterocycles. The predicted octanol–water partition coefficient (Wildman–Crippen LogP) is 0.766. The van der Waals surface area contributed by atoms with E-state index in [1.54, 1.807) is 27.7 Å². The van der Waals surface area contributed by atoms with Crippen LogP contribution in [0.25, 0.3) is 0 Å². The van der Waals surface area contributed by atoms with E-state index in [1.807, 2.05) is 0 Å². The maximum Gasteiger partial charge on any atom is 0.321 e. The summed E-state index contributed by atoms with van der Waals surface area (Å²) in [6, 6.07) is -1.20. The van der Waals surface area contributed by atoms with E-state index in [9.17, 15) is 9.59 Å². The van der Waals surface area contributed by atoms with E-state index in [-0.39, 0.29) is 0 Å². The topological polar surface area (TPSA) is 89.6 Å². The maximum atomic E-state index is 11.6. The van der Waals surface area contributed by atoms with Gasteiger partial charge in [0.15, 0.2) is 0 Å². The highest BCUT2D eigenvalue weighted by molar-refractivity contribution is 5.83. The van der Waals surface area contributed by atoms with Gasteiger partial charge in [-0.3, -0.25) is 9.59 Å². The van der Waals surface area contributed by atoms with Crippen molar-refractivity contribution < 1.29 is 19.4 Å². The Morgan fingerprint density at radius 1 is 1.40 bits per heavy atom. The molecule has 0 aromatic carbocycles. The van der Waals surface area contributed by atoms with Crippen LogP contribution >= 0.6 is 0 Å². The Morgan fingerprint density at radius 2 is 1.87 bits per heavy atom. The van der Waals surface area contributed by atoms with Gasteiger partial charge in [-0.2, -0.15) is 0 Å². The standard InChI is InChI=1S/C10H19NO4/c1-5-6(7(11)8(12)13)9(14)15-10(2,3)4/h6-7H,5,11H2,1-4H3,(H,12,13)/t6-,7+/m0/s1. The summed E-state index contributed by atoms with van der Waals surface area (Å²) in [6.45, 7) is 6.88. The van der Waals surface area contributed by atoms with Crippen LogP contribution < -0.4 is 5.73 Å². The van der Waals surface area contributed by atoms with E-state index in [4.69, 9.17) is 15.6 Å². The number of carboxylic acids is 1. The summed E-state index contributed by atoms with van der Waals surface area (Å²) < 4.78 is 5.08. The largest absolute Gasteiger partial charge is 0.480 e. The van der Waals surface area contributed by atoms with Crippen LogP contribution in [0.3, 0.4) is 0 Å². The normalized spacial score (nSPS) is 15.5. The molecule has 0 aromatic heterocycles. The molecule has 0 rings (SSSR count). The number of hydrogen-bond donors (Lipinski definition) is 2. The molecule has 0 unspecified atom stereocenters. The van der Waals surface area contributed by atoms with Crippen LogP contribution in [0.4, 0.5) is 0 Å². The van der Waals surface area contributed by atoms with Crippen molar-refractivity contribution in [3.8, 4) is 0 Å². The average Bonchev–Trinajstić information content (AvgIpc) is 2.01. The average molecular weight is 217 g/mol. The van der Waals surface area contributed by atoms with Crippen LogP contribution in [0.1, 0.15) is 34.1 Å². The van der Waals surface area contributed by atoms with Crippen molar-refractivity contribution in [2.24, 2.45) is 11.7 Å². The first kappa shape index (κ1) is 13.9. The van der Waals surface area contributed by atoms with Crippen molar-refractivity contribution in [2.45, 2.75) is 45.8 Å². The Kier molecular flexibility index (Phi) is 4.74. The molecule has 0 saturated carbocycles. The lowest BCUT2D eigenvalue weighted by atomic mass is 9.97. The first-order chi connectivity index (χ1) is 6.69. The fourth-order valence-corrected chi connectivity index (χ4v) is 1.12. The minimum absolute atomic E-state index is 0.350. The summed E-state index contributed by atoms with van der Waals surface area (Å²) in [6.07, 6.45) is 0.350. The van der Waals surface area contributed by atoms with Gasteiger partial charge in [-0.15, -0.1) is 0 Å². The van der Waals surface area contributed by atoms with Gasteiger partial charge in [0.2, 0.25) is 0 Å². The fraction of sp³-hybridized carbons (Fsp3) is 0.800. The molecule has 0 aliphatic rings. The molecule has 0 aliphatic heterocycles. The fourth-order valence-electron chi connectivity index (χ4n) is 1.12. The molecule has 0 aromatic rings. The van der Waals surface area contributed by atoms with Crippen molar-refractivity contribution in [3.05, 3.63) is 0 Å². The van der Waals surface area contributed by atoms with E-state index in [0.717, 1.165) is 0 Å². The van der Waals surface area contributed by atoms with Crippen LogP contribution in [0.2, 0.25) is 0 Å². The van der Waals surface area contributed by atoms with E-state index in [2.05, 4.69) is 0 Å². The first-order valence-electron chi connectivity index (χ1n) is 4.90. The SMILES string of the molecule is CC[C@H](C(=O)OC(C)(C)C)[C@@H](N)C(=O)O. The Bertz CT molecular complexity index is 244. The Labute approximate surface area is 89.6 Å². The van der Waals surface area contributed by atoms with E-state index < -0.39 is 29.5 Å². The van der Waals surface area contributed by atoms with Crippen LogP contribution in [0, 0.1) is 5.92 Å². The number of rotatable bonds is 4. The van der Waals surface area contributed by atoms with Gasteiger partial charge in [0.1, 0.15) is 11.6 Å². The Hall–Kier alpha value is -1.10. The van der Waals surface area contributed by atoms with Crippen molar-refractivity contribution in [2.75, 3.05) is 0 Å². The molecule has 0 amide bonds. The number of carbonyl (C=O) groups is 2. The lowest BCUT2D eigenvalue weighted by Gasteiger charge is -2.24. The monoisotopic (exact) mass is 217 g/mol. The van der Waals surface area contributed by atoms with Gasteiger partial charge in [0.05, 0.1) is 5.92 Å². The van der Waals surface area contributed by atoms with Crippen molar-refractivity contribution >= 4 is 11.9 Å². The highest BCUT2D eigenvalue weighted by Crippen LogP contribution is 2.15. The third-order valence-corrected chi connectivity index (χ3v) is 1.87. The number of nitrogens with two attached hydrogens (primary N) is 1.